The molecule has 0 radical (unpaired) electrons. The van der Waals surface area contributed by atoms with Crippen LogP contribution in [0, 0.1) is 0 Å². The summed E-state index contributed by atoms with van der Waals surface area (Å²) in [4.78, 5) is 16.9. The van der Waals surface area contributed by atoms with Crippen LogP contribution < -0.4 is 9.80 Å². The third-order valence-corrected chi connectivity index (χ3v) is 16.6. The Bertz CT molecular complexity index is 3440. The molecule has 0 aromatic heterocycles. The van der Waals surface area contributed by atoms with Gasteiger partial charge in [-0.25, -0.2) is 8.42 Å². The van der Waals surface area contributed by atoms with E-state index in [4.69, 9.17) is 4.74 Å². The molecule has 11 rings (SSSR count). The lowest BCUT2D eigenvalue weighted by molar-refractivity contribution is -0.140. The van der Waals surface area contributed by atoms with E-state index in [1.807, 2.05) is 54.6 Å². The van der Waals surface area contributed by atoms with Crippen molar-refractivity contribution < 1.29 is 17.9 Å². The van der Waals surface area contributed by atoms with E-state index in [1.165, 1.54) is 57.2 Å². The number of methoxy groups -OCH3 is 1. The molecule has 8 aromatic carbocycles. The molecule has 0 unspecified atom stereocenters. The summed E-state index contributed by atoms with van der Waals surface area (Å²) in [6.45, 7) is 11.3. The number of carbonyl (C=O) groups is 1. The molecule has 2 aliphatic carbocycles. The van der Waals surface area contributed by atoms with E-state index in [0.29, 0.717) is 22.4 Å². The Morgan fingerprint density at radius 1 is 0.456 bits per heavy atom. The summed E-state index contributed by atoms with van der Waals surface area (Å²) in [5.41, 5.74) is 18.4. The largest absolute Gasteiger partial charge is 0.469 e. The van der Waals surface area contributed by atoms with Crippen molar-refractivity contribution in [1.82, 2.24) is 0 Å². The molecular formula is C61H54N2O4S. The van der Waals surface area contributed by atoms with Crippen molar-refractivity contribution in [2.45, 2.75) is 80.9 Å². The lowest BCUT2D eigenvalue weighted by atomic mass is 9.82. The zero-order chi connectivity index (χ0) is 47.1. The van der Waals surface area contributed by atoms with Gasteiger partial charge in [-0.3, -0.25) is 4.79 Å². The number of sulfone groups is 1. The number of nitrogens with zero attached hydrogens (tertiary/aromatic N) is 2. The molecule has 3 aliphatic rings. The van der Waals surface area contributed by atoms with E-state index in [0.717, 1.165) is 52.5 Å². The zero-order valence-electron chi connectivity index (χ0n) is 39.4. The van der Waals surface area contributed by atoms with Gasteiger partial charge >= 0.3 is 5.97 Å². The predicted octanol–water partition coefficient (Wildman–Crippen LogP) is 15.1. The smallest absolute Gasteiger partial charge is 0.305 e. The monoisotopic (exact) mass is 910 g/mol. The molecule has 7 heteroatoms. The summed E-state index contributed by atoms with van der Waals surface area (Å²) >= 11 is 0. The maximum Gasteiger partial charge on any atom is 0.305 e. The van der Waals surface area contributed by atoms with E-state index >= 15 is 8.42 Å². The van der Waals surface area contributed by atoms with Crippen LogP contribution in [0.2, 0.25) is 0 Å². The van der Waals surface area contributed by atoms with Crippen molar-refractivity contribution in [1.29, 1.82) is 0 Å². The standard InChI is InChI=1S/C61H54N2O4S/c1-7-12-39-17-22-41(23-18-39)62(43-26-30-49-47-13-8-10-15-53(47)60(2,3)55(49)35-43)45-28-32-51-52-33-29-46(38-58(52)68(65,66)57(51)37-45)63(42-24-19-40(20-25-42)21-34-59(64)67-6)44-27-31-50-48-14-9-11-16-54(48)61(4,5)56(50)36-44/h8-11,13-20,22-33,35-38H,7,12,21,34H2,1-6H3. The molecule has 0 spiro atoms. The van der Waals surface area contributed by atoms with Crippen LogP contribution in [0.15, 0.2) is 180 Å². The van der Waals surface area contributed by atoms with Gasteiger partial charge in [-0.2, -0.15) is 0 Å². The minimum Gasteiger partial charge on any atom is -0.469 e. The summed E-state index contributed by atoms with van der Waals surface area (Å²) in [7, 11) is -2.56. The zero-order valence-corrected chi connectivity index (χ0v) is 40.2. The Morgan fingerprint density at radius 3 is 1.25 bits per heavy atom. The van der Waals surface area contributed by atoms with Crippen LogP contribution in [0.3, 0.4) is 0 Å². The van der Waals surface area contributed by atoms with Crippen LogP contribution in [0.1, 0.15) is 80.8 Å². The normalized spacial score (nSPS) is 14.8. The number of anilines is 6. The van der Waals surface area contributed by atoms with Gasteiger partial charge in [0.05, 0.1) is 16.9 Å². The Labute approximate surface area is 400 Å². The average molecular weight is 911 g/mol. The molecule has 0 saturated carbocycles. The van der Waals surface area contributed by atoms with Gasteiger partial charge in [0, 0.05) is 62.5 Å². The highest BCUT2D eigenvalue weighted by Crippen LogP contribution is 2.54. The molecule has 0 amide bonds. The minimum absolute atomic E-state index is 0.208. The number of hydrogen-bond acceptors (Lipinski definition) is 6. The lowest BCUT2D eigenvalue weighted by Crippen LogP contribution is -2.16. The number of esters is 1. The van der Waals surface area contributed by atoms with Gasteiger partial charge in [0.2, 0.25) is 9.84 Å². The molecule has 0 bridgehead atoms. The first-order valence-electron chi connectivity index (χ1n) is 23.7. The molecule has 68 heavy (non-hydrogen) atoms. The summed E-state index contributed by atoms with van der Waals surface area (Å²) in [6.07, 6.45) is 2.88. The molecule has 338 valence electrons. The third kappa shape index (κ3) is 6.89. The highest BCUT2D eigenvalue weighted by atomic mass is 32.2. The fraction of sp³-hybridized carbons (Fsp3) is 0.197. The van der Waals surface area contributed by atoms with Gasteiger partial charge < -0.3 is 14.5 Å². The second-order valence-corrected chi connectivity index (χ2v) is 21.4. The van der Waals surface area contributed by atoms with Crippen LogP contribution in [0.25, 0.3) is 33.4 Å². The first-order chi connectivity index (χ1) is 32.8. The van der Waals surface area contributed by atoms with Gasteiger partial charge in [-0.15, -0.1) is 0 Å². The first-order valence-corrected chi connectivity index (χ1v) is 25.2. The Kier molecular flexibility index (Phi) is 10.4. The number of fused-ring (bicyclic) bond motifs is 9. The van der Waals surface area contributed by atoms with E-state index in [-0.39, 0.29) is 28.1 Å². The third-order valence-electron chi connectivity index (χ3n) is 14.7. The number of hydrogen-bond donors (Lipinski definition) is 0. The topological polar surface area (TPSA) is 66.9 Å². The van der Waals surface area contributed by atoms with Crippen molar-refractivity contribution in [2.75, 3.05) is 16.9 Å². The van der Waals surface area contributed by atoms with Crippen LogP contribution in [-0.4, -0.2) is 21.5 Å². The molecule has 0 atom stereocenters. The summed E-state index contributed by atoms with van der Waals surface area (Å²) in [5, 5.41) is 0. The second kappa shape index (κ2) is 16.2. The van der Waals surface area contributed by atoms with Gasteiger partial charge in [0.15, 0.2) is 0 Å². The highest BCUT2D eigenvalue weighted by molar-refractivity contribution is 7.92. The number of carbonyl (C=O) groups excluding carboxylic acids is 1. The maximum absolute atomic E-state index is 15.1. The van der Waals surface area contributed by atoms with Gasteiger partial charge in [0.25, 0.3) is 0 Å². The number of rotatable bonds is 11. The van der Waals surface area contributed by atoms with Crippen LogP contribution in [-0.2, 0) is 43.0 Å². The van der Waals surface area contributed by atoms with Gasteiger partial charge in [-0.1, -0.05) is 138 Å². The molecule has 6 nitrogen and oxygen atoms in total. The fourth-order valence-electron chi connectivity index (χ4n) is 11.1. The highest BCUT2D eigenvalue weighted by Gasteiger charge is 2.39. The number of benzene rings is 8. The predicted molar refractivity (Wildman–Crippen MR) is 276 cm³/mol. The molecule has 8 aromatic rings. The van der Waals surface area contributed by atoms with Crippen LogP contribution in [0.5, 0.6) is 0 Å². The SMILES string of the molecule is CCCc1ccc(N(c2ccc3c(c2)C(C)(C)c2ccccc2-3)c2ccc3c(c2)S(=O)(=O)c2cc(N(c4ccc(CCC(=O)OC)cc4)c4ccc5c(c4)C(C)(C)c4ccccc4-5)ccc2-3)cc1. The molecule has 0 fully saturated rings. The van der Waals surface area contributed by atoms with E-state index in [1.54, 1.807) is 0 Å². The summed E-state index contributed by atoms with van der Waals surface area (Å²) in [6, 6.07) is 59.1. The Hall–Kier alpha value is -7.22. The van der Waals surface area contributed by atoms with Gasteiger partial charge in [0.1, 0.15) is 0 Å². The van der Waals surface area contributed by atoms with E-state index in [9.17, 15) is 4.79 Å². The second-order valence-electron chi connectivity index (χ2n) is 19.5. The summed E-state index contributed by atoms with van der Waals surface area (Å²) in [5.74, 6) is -0.252. The lowest BCUT2D eigenvalue weighted by Gasteiger charge is -2.28. The first kappa shape index (κ1) is 43.4. The van der Waals surface area contributed by atoms with Gasteiger partial charge in [-0.05, 0) is 141 Å². The van der Waals surface area contributed by atoms with Crippen molar-refractivity contribution in [3.05, 3.63) is 203 Å². The Balaban J connectivity index is 1.01. The molecule has 1 heterocycles. The maximum atomic E-state index is 15.1. The molecular weight excluding hydrogens is 857 g/mol. The van der Waals surface area contributed by atoms with Crippen molar-refractivity contribution in [3.8, 4) is 33.4 Å². The number of aryl methyl sites for hydroxylation is 2. The quantitative estimate of drug-likeness (QED) is 0.120. The van der Waals surface area contributed by atoms with Crippen molar-refractivity contribution in [3.63, 3.8) is 0 Å². The van der Waals surface area contributed by atoms with Crippen molar-refractivity contribution >= 4 is 49.9 Å². The average Bonchev–Trinajstić information content (AvgIpc) is 3.83. The molecule has 0 saturated heterocycles. The Morgan fingerprint density at radius 2 is 0.824 bits per heavy atom. The summed E-state index contributed by atoms with van der Waals surface area (Å²) < 4.78 is 35.2. The van der Waals surface area contributed by atoms with E-state index in [2.05, 4.69) is 160 Å². The molecule has 1 aliphatic heterocycles. The number of ether oxygens (including phenoxy) is 1. The fourth-order valence-corrected chi connectivity index (χ4v) is 12.8. The van der Waals surface area contributed by atoms with Crippen molar-refractivity contribution in [2.24, 2.45) is 0 Å². The van der Waals surface area contributed by atoms with E-state index < -0.39 is 9.84 Å². The van der Waals surface area contributed by atoms with Crippen LogP contribution >= 0.6 is 0 Å². The minimum atomic E-state index is -3.97. The van der Waals surface area contributed by atoms with Crippen LogP contribution in [0.4, 0.5) is 34.1 Å². The molecule has 0 N–H and O–H groups in total.